The average molecular weight is 248 g/mol. The number of hydrogen-bond donors (Lipinski definition) is 1. The van der Waals surface area contributed by atoms with E-state index in [9.17, 15) is 0 Å². The van der Waals surface area contributed by atoms with Crippen LogP contribution < -0.4 is 10.5 Å². The van der Waals surface area contributed by atoms with E-state index in [0.29, 0.717) is 12.0 Å². The molecule has 0 radical (unpaired) electrons. The molecule has 100 valence electrons. The Kier molecular flexibility index (Phi) is 4.61. The van der Waals surface area contributed by atoms with Crippen molar-refractivity contribution < 1.29 is 4.74 Å². The van der Waals surface area contributed by atoms with Gasteiger partial charge in [-0.05, 0) is 39.4 Å². The minimum absolute atomic E-state index is 0.501. The number of rotatable bonds is 6. The summed E-state index contributed by atoms with van der Waals surface area (Å²) >= 11 is 0. The standard InChI is InChI=1S/C15H24N2O/c1-12(2)17(9-5-8-16)10-13-11-18-15-7-4-3-6-14(13)15/h3-4,6-7,12-13H,5,8-11,16H2,1-2H3. The van der Waals surface area contributed by atoms with Gasteiger partial charge >= 0.3 is 0 Å². The molecule has 1 aliphatic heterocycles. The molecule has 18 heavy (non-hydrogen) atoms. The minimum atomic E-state index is 0.501. The summed E-state index contributed by atoms with van der Waals surface area (Å²) in [7, 11) is 0. The molecule has 2 N–H and O–H groups in total. The van der Waals surface area contributed by atoms with Gasteiger partial charge in [0.2, 0.25) is 0 Å². The van der Waals surface area contributed by atoms with Crippen LogP contribution in [-0.2, 0) is 0 Å². The van der Waals surface area contributed by atoms with Gasteiger partial charge in [0, 0.05) is 24.1 Å². The molecule has 0 saturated heterocycles. The van der Waals surface area contributed by atoms with Gasteiger partial charge in [0.1, 0.15) is 5.75 Å². The summed E-state index contributed by atoms with van der Waals surface area (Å²) in [6.45, 7) is 8.21. The van der Waals surface area contributed by atoms with Gasteiger partial charge in [-0.15, -0.1) is 0 Å². The van der Waals surface area contributed by atoms with Crippen molar-refractivity contribution in [3.63, 3.8) is 0 Å². The number of nitrogens with two attached hydrogens (primary N) is 1. The van der Waals surface area contributed by atoms with E-state index in [1.165, 1.54) is 5.56 Å². The molecule has 1 aromatic rings. The molecule has 0 bridgehead atoms. The lowest BCUT2D eigenvalue weighted by molar-refractivity contribution is 0.193. The van der Waals surface area contributed by atoms with Crippen LogP contribution in [0.25, 0.3) is 0 Å². The third kappa shape index (κ3) is 3.03. The first-order valence-electron chi connectivity index (χ1n) is 6.88. The van der Waals surface area contributed by atoms with Crippen molar-refractivity contribution in [1.29, 1.82) is 0 Å². The first-order valence-corrected chi connectivity index (χ1v) is 6.88. The van der Waals surface area contributed by atoms with E-state index in [1.54, 1.807) is 0 Å². The Balaban J connectivity index is 2.00. The van der Waals surface area contributed by atoms with E-state index in [-0.39, 0.29) is 0 Å². The van der Waals surface area contributed by atoms with E-state index < -0.39 is 0 Å². The second-order valence-electron chi connectivity index (χ2n) is 5.28. The maximum atomic E-state index is 5.74. The maximum absolute atomic E-state index is 5.74. The molecular formula is C15H24N2O. The van der Waals surface area contributed by atoms with Gasteiger partial charge in [0.15, 0.2) is 0 Å². The summed E-state index contributed by atoms with van der Waals surface area (Å²) in [5, 5.41) is 0. The fourth-order valence-corrected chi connectivity index (χ4v) is 2.52. The number of hydrogen-bond acceptors (Lipinski definition) is 3. The van der Waals surface area contributed by atoms with Crippen LogP contribution in [0.15, 0.2) is 24.3 Å². The van der Waals surface area contributed by atoms with Gasteiger partial charge < -0.3 is 15.4 Å². The van der Waals surface area contributed by atoms with E-state index in [0.717, 1.165) is 38.4 Å². The molecule has 0 aliphatic carbocycles. The molecular weight excluding hydrogens is 224 g/mol. The fraction of sp³-hybridized carbons (Fsp3) is 0.600. The van der Waals surface area contributed by atoms with Crippen LogP contribution in [0.4, 0.5) is 0 Å². The van der Waals surface area contributed by atoms with Crippen molar-refractivity contribution in [3.8, 4) is 5.75 Å². The van der Waals surface area contributed by atoms with Crippen molar-refractivity contribution in [3.05, 3.63) is 29.8 Å². The van der Waals surface area contributed by atoms with E-state index >= 15 is 0 Å². The summed E-state index contributed by atoms with van der Waals surface area (Å²) in [6.07, 6.45) is 1.06. The first-order chi connectivity index (χ1) is 8.72. The van der Waals surface area contributed by atoms with Gasteiger partial charge in [-0.3, -0.25) is 0 Å². The topological polar surface area (TPSA) is 38.5 Å². The van der Waals surface area contributed by atoms with Crippen molar-refractivity contribution in [2.75, 3.05) is 26.2 Å². The number of ether oxygens (including phenoxy) is 1. The lowest BCUT2D eigenvalue weighted by Crippen LogP contribution is -2.36. The highest BCUT2D eigenvalue weighted by Gasteiger charge is 2.26. The van der Waals surface area contributed by atoms with Crippen LogP contribution >= 0.6 is 0 Å². The summed E-state index contributed by atoms with van der Waals surface area (Å²) < 4.78 is 5.74. The van der Waals surface area contributed by atoms with Gasteiger partial charge in [0.25, 0.3) is 0 Å². The largest absolute Gasteiger partial charge is 0.493 e. The zero-order valence-corrected chi connectivity index (χ0v) is 11.4. The zero-order chi connectivity index (χ0) is 13.0. The smallest absolute Gasteiger partial charge is 0.122 e. The summed E-state index contributed by atoms with van der Waals surface area (Å²) in [5.41, 5.74) is 6.97. The second kappa shape index (κ2) is 6.21. The third-order valence-corrected chi connectivity index (χ3v) is 3.63. The van der Waals surface area contributed by atoms with Gasteiger partial charge in [-0.1, -0.05) is 18.2 Å². The molecule has 0 saturated carbocycles. The third-order valence-electron chi connectivity index (χ3n) is 3.63. The first kappa shape index (κ1) is 13.4. The maximum Gasteiger partial charge on any atom is 0.122 e. The molecule has 2 rings (SSSR count). The molecule has 3 nitrogen and oxygen atoms in total. The Labute approximate surface area is 110 Å². The molecule has 0 spiro atoms. The average Bonchev–Trinajstić information content (AvgIpc) is 2.77. The van der Waals surface area contributed by atoms with Crippen molar-refractivity contribution in [1.82, 2.24) is 4.90 Å². The Morgan fingerprint density at radius 3 is 2.89 bits per heavy atom. The van der Waals surface area contributed by atoms with Crippen molar-refractivity contribution in [2.45, 2.75) is 32.2 Å². The van der Waals surface area contributed by atoms with Gasteiger partial charge in [-0.2, -0.15) is 0 Å². The minimum Gasteiger partial charge on any atom is -0.493 e. The van der Waals surface area contributed by atoms with Crippen LogP contribution in [0.2, 0.25) is 0 Å². The predicted octanol–water partition coefficient (Wildman–Crippen LogP) is 2.22. The molecule has 0 fully saturated rings. The lowest BCUT2D eigenvalue weighted by atomic mass is 10.00. The number of nitrogens with zero attached hydrogens (tertiary/aromatic N) is 1. The van der Waals surface area contributed by atoms with Crippen LogP contribution in [0.5, 0.6) is 5.75 Å². The molecule has 1 unspecified atom stereocenters. The quantitative estimate of drug-likeness (QED) is 0.839. The van der Waals surface area contributed by atoms with Crippen LogP contribution in [0, 0.1) is 0 Å². The van der Waals surface area contributed by atoms with E-state index in [2.05, 4.69) is 36.9 Å². The fourth-order valence-electron chi connectivity index (χ4n) is 2.52. The monoisotopic (exact) mass is 248 g/mol. The Morgan fingerprint density at radius 2 is 2.17 bits per heavy atom. The van der Waals surface area contributed by atoms with Crippen LogP contribution in [0.1, 0.15) is 31.7 Å². The van der Waals surface area contributed by atoms with Crippen LogP contribution in [-0.4, -0.2) is 37.2 Å². The molecule has 1 aromatic carbocycles. The Morgan fingerprint density at radius 1 is 1.39 bits per heavy atom. The number of para-hydroxylation sites is 1. The van der Waals surface area contributed by atoms with E-state index in [1.807, 2.05) is 6.07 Å². The predicted molar refractivity (Wildman–Crippen MR) is 75.1 cm³/mol. The zero-order valence-electron chi connectivity index (χ0n) is 11.4. The highest BCUT2D eigenvalue weighted by atomic mass is 16.5. The molecule has 0 aromatic heterocycles. The number of fused-ring (bicyclic) bond motifs is 1. The Hall–Kier alpha value is -1.06. The summed E-state index contributed by atoms with van der Waals surface area (Å²) in [6, 6.07) is 8.95. The van der Waals surface area contributed by atoms with Gasteiger partial charge in [-0.25, -0.2) is 0 Å². The van der Waals surface area contributed by atoms with Gasteiger partial charge in [0.05, 0.1) is 6.61 Å². The molecule has 0 amide bonds. The second-order valence-corrected chi connectivity index (χ2v) is 5.28. The molecule has 1 atom stereocenters. The summed E-state index contributed by atoms with van der Waals surface area (Å²) in [5.74, 6) is 1.56. The van der Waals surface area contributed by atoms with E-state index in [4.69, 9.17) is 10.5 Å². The molecule has 1 heterocycles. The number of benzene rings is 1. The van der Waals surface area contributed by atoms with Crippen molar-refractivity contribution >= 4 is 0 Å². The highest BCUT2D eigenvalue weighted by molar-refractivity contribution is 5.39. The highest BCUT2D eigenvalue weighted by Crippen LogP contribution is 2.34. The lowest BCUT2D eigenvalue weighted by Gasteiger charge is -2.28. The molecule has 1 aliphatic rings. The molecule has 3 heteroatoms. The van der Waals surface area contributed by atoms with Crippen molar-refractivity contribution in [2.24, 2.45) is 5.73 Å². The normalized spacial score (nSPS) is 18.2. The Bertz CT molecular complexity index is 379. The summed E-state index contributed by atoms with van der Waals surface area (Å²) in [4.78, 5) is 2.50. The van der Waals surface area contributed by atoms with Crippen LogP contribution in [0.3, 0.4) is 0 Å². The SMILES string of the molecule is CC(C)N(CCCN)CC1COc2ccccc21.